The molecule has 0 saturated heterocycles. The van der Waals surface area contributed by atoms with Gasteiger partial charge in [0.15, 0.2) is 0 Å². The first-order valence-corrected chi connectivity index (χ1v) is 4.26. The Labute approximate surface area is 81.6 Å². The van der Waals surface area contributed by atoms with E-state index >= 15 is 0 Å². The number of rotatable bonds is 4. The molecule has 1 aromatic heterocycles. The van der Waals surface area contributed by atoms with Gasteiger partial charge in [-0.25, -0.2) is 0 Å². The van der Waals surface area contributed by atoms with Gasteiger partial charge in [0.1, 0.15) is 17.6 Å². The van der Waals surface area contributed by atoms with Gasteiger partial charge in [-0.2, -0.15) is 8.78 Å². The highest BCUT2D eigenvalue weighted by Crippen LogP contribution is 2.32. The summed E-state index contributed by atoms with van der Waals surface area (Å²) < 4.78 is 31.7. The monoisotopic (exact) mass is 201 g/mol. The second-order valence-corrected chi connectivity index (χ2v) is 3.05. The van der Waals surface area contributed by atoms with Crippen molar-refractivity contribution in [2.45, 2.75) is 18.9 Å². The highest BCUT2D eigenvalue weighted by molar-refractivity contribution is 5.15. The summed E-state index contributed by atoms with van der Waals surface area (Å²) in [4.78, 5) is 0. The van der Waals surface area contributed by atoms with Crippen molar-refractivity contribution in [3.8, 4) is 0 Å². The van der Waals surface area contributed by atoms with E-state index < -0.39 is 12.0 Å². The number of aryl methyl sites for hydroxylation is 1. The van der Waals surface area contributed by atoms with Crippen LogP contribution in [0.15, 0.2) is 29.2 Å². The summed E-state index contributed by atoms with van der Waals surface area (Å²) in [6.07, 6.45) is 0.617. The molecule has 0 aliphatic rings. The minimum absolute atomic E-state index is 0.218. The predicted molar refractivity (Wildman–Crippen MR) is 50.4 cm³/mol. The van der Waals surface area contributed by atoms with Crippen molar-refractivity contribution in [1.29, 1.82) is 0 Å². The number of hydrogen-bond donors (Lipinski definition) is 1. The SMILES string of the molecule is C=CC(F)(F)C(NC)c1ccc(C)o1. The molecule has 1 atom stereocenters. The number of nitrogens with one attached hydrogen (secondary N) is 1. The maximum atomic E-state index is 13.3. The zero-order valence-corrected chi connectivity index (χ0v) is 8.18. The maximum absolute atomic E-state index is 13.3. The Kier molecular flexibility index (Phi) is 3.06. The van der Waals surface area contributed by atoms with Crippen LogP contribution >= 0.6 is 0 Å². The fraction of sp³-hybridized carbons (Fsp3) is 0.400. The Hall–Kier alpha value is -1.16. The number of hydrogen-bond acceptors (Lipinski definition) is 2. The molecule has 0 aromatic carbocycles. The first-order valence-electron chi connectivity index (χ1n) is 4.26. The summed E-state index contributed by atoms with van der Waals surface area (Å²) in [6, 6.07) is 2.03. The zero-order valence-electron chi connectivity index (χ0n) is 8.18. The Bertz CT molecular complexity index is 320. The van der Waals surface area contributed by atoms with Gasteiger partial charge in [0.05, 0.1) is 0 Å². The van der Waals surface area contributed by atoms with Crippen LogP contribution < -0.4 is 5.32 Å². The minimum Gasteiger partial charge on any atom is -0.464 e. The highest BCUT2D eigenvalue weighted by atomic mass is 19.3. The molecule has 1 rings (SSSR count). The quantitative estimate of drug-likeness (QED) is 0.757. The largest absolute Gasteiger partial charge is 0.464 e. The Morgan fingerprint density at radius 3 is 2.57 bits per heavy atom. The summed E-state index contributed by atoms with van der Waals surface area (Å²) in [5.41, 5.74) is 0. The molecule has 1 heterocycles. The van der Waals surface area contributed by atoms with Crippen LogP contribution in [0.2, 0.25) is 0 Å². The van der Waals surface area contributed by atoms with Gasteiger partial charge >= 0.3 is 0 Å². The van der Waals surface area contributed by atoms with Crippen molar-refractivity contribution >= 4 is 0 Å². The molecule has 0 aliphatic heterocycles. The van der Waals surface area contributed by atoms with Crippen molar-refractivity contribution in [1.82, 2.24) is 5.32 Å². The van der Waals surface area contributed by atoms with E-state index in [4.69, 9.17) is 4.42 Å². The van der Waals surface area contributed by atoms with E-state index in [1.54, 1.807) is 13.0 Å². The second-order valence-electron chi connectivity index (χ2n) is 3.05. The van der Waals surface area contributed by atoms with E-state index in [-0.39, 0.29) is 5.76 Å². The molecule has 1 aromatic rings. The lowest BCUT2D eigenvalue weighted by atomic mass is 10.1. The van der Waals surface area contributed by atoms with E-state index in [1.165, 1.54) is 13.1 Å². The number of halogens is 2. The molecule has 0 amide bonds. The normalized spacial score (nSPS) is 14.0. The highest BCUT2D eigenvalue weighted by Gasteiger charge is 2.38. The lowest BCUT2D eigenvalue weighted by Crippen LogP contribution is -2.33. The van der Waals surface area contributed by atoms with E-state index in [1.807, 2.05) is 0 Å². The average molecular weight is 201 g/mol. The molecular weight excluding hydrogens is 188 g/mol. The van der Waals surface area contributed by atoms with Crippen molar-refractivity contribution in [3.63, 3.8) is 0 Å². The fourth-order valence-electron chi connectivity index (χ4n) is 1.25. The Morgan fingerprint density at radius 1 is 1.57 bits per heavy atom. The van der Waals surface area contributed by atoms with Gasteiger partial charge in [-0.15, -0.1) is 0 Å². The van der Waals surface area contributed by atoms with Crippen LogP contribution in [0.5, 0.6) is 0 Å². The van der Waals surface area contributed by atoms with Crippen molar-refractivity contribution < 1.29 is 13.2 Å². The maximum Gasteiger partial charge on any atom is 0.288 e. The van der Waals surface area contributed by atoms with Crippen molar-refractivity contribution in [2.75, 3.05) is 7.05 Å². The van der Waals surface area contributed by atoms with Crippen LogP contribution in [-0.4, -0.2) is 13.0 Å². The first-order chi connectivity index (χ1) is 6.51. The second kappa shape index (κ2) is 3.92. The minimum atomic E-state index is -3.01. The molecule has 1 unspecified atom stereocenters. The molecule has 2 nitrogen and oxygen atoms in total. The van der Waals surface area contributed by atoms with Gasteiger partial charge in [0.25, 0.3) is 5.92 Å². The molecule has 78 valence electrons. The van der Waals surface area contributed by atoms with E-state index in [9.17, 15) is 8.78 Å². The van der Waals surface area contributed by atoms with E-state index in [0.29, 0.717) is 11.8 Å². The smallest absolute Gasteiger partial charge is 0.288 e. The average Bonchev–Trinajstić information content (AvgIpc) is 2.53. The predicted octanol–water partition coefficient (Wildman–Crippen LogP) is 2.67. The standard InChI is InChI=1S/C10H13F2NO/c1-4-10(11,12)9(13-3)8-6-5-7(2)14-8/h4-6,9,13H,1H2,2-3H3. The molecule has 0 spiro atoms. The summed E-state index contributed by atoms with van der Waals surface area (Å²) in [6.45, 7) is 4.81. The third-order valence-electron chi connectivity index (χ3n) is 1.99. The first kappa shape index (κ1) is 10.9. The molecule has 0 aliphatic carbocycles. The molecule has 0 bridgehead atoms. The lowest BCUT2D eigenvalue weighted by molar-refractivity contribution is 0.00689. The van der Waals surface area contributed by atoms with Gasteiger partial charge in [0.2, 0.25) is 0 Å². The molecule has 0 radical (unpaired) electrons. The lowest BCUT2D eigenvalue weighted by Gasteiger charge is -2.21. The molecule has 4 heteroatoms. The fourth-order valence-corrected chi connectivity index (χ4v) is 1.25. The molecular formula is C10H13F2NO. The number of alkyl halides is 2. The molecule has 14 heavy (non-hydrogen) atoms. The van der Waals surface area contributed by atoms with E-state index in [0.717, 1.165) is 0 Å². The van der Waals surface area contributed by atoms with Crippen LogP contribution in [0.3, 0.4) is 0 Å². The summed E-state index contributed by atoms with van der Waals surface area (Å²) in [7, 11) is 1.46. The van der Waals surface area contributed by atoms with Crippen molar-refractivity contribution in [2.24, 2.45) is 0 Å². The van der Waals surface area contributed by atoms with Gasteiger partial charge in [0, 0.05) is 0 Å². The van der Waals surface area contributed by atoms with Crippen LogP contribution in [0.25, 0.3) is 0 Å². The third kappa shape index (κ3) is 2.01. The molecule has 0 saturated carbocycles. The van der Waals surface area contributed by atoms with Crippen LogP contribution in [-0.2, 0) is 0 Å². The number of furan rings is 1. The summed E-state index contributed by atoms with van der Waals surface area (Å²) in [5, 5.41) is 2.51. The summed E-state index contributed by atoms with van der Waals surface area (Å²) >= 11 is 0. The van der Waals surface area contributed by atoms with Crippen LogP contribution in [0.1, 0.15) is 17.6 Å². The van der Waals surface area contributed by atoms with Gasteiger partial charge in [-0.05, 0) is 32.2 Å². The van der Waals surface area contributed by atoms with Crippen LogP contribution in [0.4, 0.5) is 8.78 Å². The Morgan fingerprint density at radius 2 is 2.21 bits per heavy atom. The third-order valence-corrected chi connectivity index (χ3v) is 1.99. The van der Waals surface area contributed by atoms with Gasteiger partial charge in [-0.3, -0.25) is 0 Å². The van der Waals surface area contributed by atoms with Gasteiger partial charge < -0.3 is 9.73 Å². The van der Waals surface area contributed by atoms with Crippen molar-refractivity contribution in [3.05, 3.63) is 36.3 Å². The molecule has 0 fully saturated rings. The van der Waals surface area contributed by atoms with Crippen LogP contribution in [0, 0.1) is 6.92 Å². The zero-order chi connectivity index (χ0) is 10.8. The Balaban J connectivity index is 2.98. The summed E-state index contributed by atoms with van der Waals surface area (Å²) in [5.74, 6) is -2.19. The van der Waals surface area contributed by atoms with E-state index in [2.05, 4.69) is 11.9 Å². The van der Waals surface area contributed by atoms with Gasteiger partial charge in [-0.1, -0.05) is 6.58 Å². The topological polar surface area (TPSA) is 25.2 Å². The molecule has 1 N–H and O–H groups in total.